The summed E-state index contributed by atoms with van der Waals surface area (Å²) >= 11 is 1.54. The highest BCUT2D eigenvalue weighted by atomic mass is 32.1. The summed E-state index contributed by atoms with van der Waals surface area (Å²) < 4.78 is 1.89. The number of rotatable bonds is 5. The minimum absolute atomic E-state index is 0.443. The summed E-state index contributed by atoms with van der Waals surface area (Å²) in [4.78, 5) is 5.25. The van der Waals surface area contributed by atoms with Crippen LogP contribution in [-0.4, -0.2) is 21.0 Å². The van der Waals surface area contributed by atoms with E-state index in [0.29, 0.717) is 18.7 Å². The van der Waals surface area contributed by atoms with Gasteiger partial charge in [-0.25, -0.2) is 4.98 Å². The van der Waals surface area contributed by atoms with Gasteiger partial charge in [-0.1, -0.05) is 6.07 Å². The molecular weight excluding hydrogens is 296 g/mol. The van der Waals surface area contributed by atoms with Crippen LogP contribution in [0, 0.1) is 11.3 Å². The summed E-state index contributed by atoms with van der Waals surface area (Å²) in [7, 11) is 0. The van der Waals surface area contributed by atoms with Crippen LogP contribution in [0.3, 0.4) is 0 Å². The van der Waals surface area contributed by atoms with Gasteiger partial charge in [0, 0.05) is 24.2 Å². The SMILES string of the molecule is CC(O)(CNCc1cnc2ccc(C#N)cn12)c1cccs1. The maximum Gasteiger partial charge on any atom is 0.137 e. The average molecular weight is 312 g/mol. The number of nitrogens with one attached hydrogen (secondary N) is 1. The van der Waals surface area contributed by atoms with Crippen LogP contribution >= 0.6 is 11.3 Å². The third kappa shape index (κ3) is 2.88. The Morgan fingerprint density at radius 1 is 1.45 bits per heavy atom. The molecule has 6 heteroatoms. The molecule has 0 bridgehead atoms. The lowest BCUT2D eigenvalue weighted by atomic mass is 10.1. The molecule has 3 heterocycles. The molecule has 0 aromatic carbocycles. The standard InChI is InChI=1S/C16H16N4OS/c1-16(21,14-3-2-6-22-14)11-18-8-13-9-19-15-5-4-12(7-17)10-20(13)15/h2-6,9-10,18,21H,8,11H2,1H3. The van der Waals surface area contributed by atoms with Crippen molar-refractivity contribution in [2.24, 2.45) is 0 Å². The van der Waals surface area contributed by atoms with Gasteiger partial charge in [0.15, 0.2) is 0 Å². The second kappa shape index (κ2) is 5.89. The number of aliphatic hydroxyl groups is 1. The van der Waals surface area contributed by atoms with Crippen LogP contribution in [0.15, 0.2) is 42.0 Å². The summed E-state index contributed by atoms with van der Waals surface area (Å²) in [5.74, 6) is 0. The third-order valence-electron chi connectivity index (χ3n) is 3.54. The van der Waals surface area contributed by atoms with E-state index in [1.807, 2.05) is 28.0 Å². The zero-order valence-electron chi connectivity index (χ0n) is 12.2. The number of aromatic nitrogens is 2. The van der Waals surface area contributed by atoms with E-state index in [-0.39, 0.29) is 0 Å². The summed E-state index contributed by atoms with van der Waals surface area (Å²) in [6.07, 6.45) is 3.56. The maximum atomic E-state index is 10.5. The minimum atomic E-state index is -0.896. The highest BCUT2D eigenvalue weighted by Gasteiger charge is 2.23. The number of nitriles is 1. The summed E-state index contributed by atoms with van der Waals surface area (Å²) in [5.41, 5.74) is 1.46. The van der Waals surface area contributed by atoms with Gasteiger partial charge in [-0.05, 0) is 30.5 Å². The lowest BCUT2D eigenvalue weighted by molar-refractivity contribution is 0.0603. The number of pyridine rings is 1. The van der Waals surface area contributed by atoms with Crippen molar-refractivity contribution in [1.82, 2.24) is 14.7 Å². The molecule has 1 unspecified atom stereocenters. The molecule has 0 amide bonds. The van der Waals surface area contributed by atoms with E-state index in [4.69, 9.17) is 5.26 Å². The fraction of sp³-hybridized carbons (Fsp3) is 0.250. The Labute approximate surface area is 132 Å². The average Bonchev–Trinajstić information content (AvgIpc) is 3.16. The minimum Gasteiger partial charge on any atom is -0.383 e. The van der Waals surface area contributed by atoms with Crippen molar-refractivity contribution in [3.8, 4) is 6.07 Å². The fourth-order valence-corrected chi connectivity index (χ4v) is 3.12. The van der Waals surface area contributed by atoms with E-state index >= 15 is 0 Å². The second-order valence-electron chi connectivity index (χ2n) is 5.36. The zero-order valence-corrected chi connectivity index (χ0v) is 13.0. The van der Waals surface area contributed by atoms with E-state index in [2.05, 4.69) is 16.4 Å². The molecule has 2 N–H and O–H groups in total. The number of thiophene rings is 1. The molecule has 0 fully saturated rings. The molecule has 0 aliphatic rings. The fourth-order valence-electron chi connectivity index (χ4n) is 2.33. The molecular formula is C16H16N4OS. The van der Waals surface area contributed by atoms with Crippen LogP contribution in [-0.2, 0) is 12.1 Å². The van der Waals surface area contributed by atoms with E-state index < -0.39 is 5.60 Å². The normalized spacial score (nSPS) is 13.9. The maximum absolute atomic E-state index is 10.5. The molecule has 3 aromatic rings. The van der Waals surface area contributed by atoms with E-state index in [0.717, 1.165) is 16.2 Å². The van der Waals surface area contributed by atoms with Crippen molar-refractivity contribution in [3.63, 3.8) is 0 Å². The van der Waals surface area contributed by atoms with Crippen molar-refractivity contribution in [2.75, 3.05) is 6.54 Å². The van der Waals surface area contributed by atoms with Gasteiger partial charge in [0.05, 0.1) is 17.5 Å². The van der Waals surface area contributed by atoms with Gasteiger partial charge in [0.2, 0.25) is 0 Å². The molecule has 0 aliphatic carbocycles. The van der Waals surface area contributed by atoms with E-state index in [1.165, 1.54) is 0 Å². The van der Waals surface area contributed by atoms with Crippen LogP contribution in [0.2, 0.25) is 0 Å². The van der Waals surface area contributed by atoms with Crippen LogP contribution in [0.1, 0.15) is 23.1 Å². The smallest absolute Gasteiger partial charge is 0.137 e. The number of hydrogen-bond donors (Lipinski definition) is 2. The van der Waals surface area contributed by atoms with Crippen LogP contribution in [0.5, 0.6) is 0 Å². The van der Waals surface area contributed by atoms with Gasteiger partial charge in [0.1, 0.15) is 17.3 Å². The molecule has 0 radical (unpaired) electrons. The third-order valence-corrected chi connectivity index (χ3v) is 4.66. The Balaban J connectivity index is 1.71. The molecule has 0 aliphatic heterocycles. The lowest BCUT2D eigenvalue weighted by Crippen LogP contribution is -2.34. The second-order valence-corrected chi connectivity index (χ2v) is 6.31. The van der Waals surface area contributed by atoms with Gasteiger partial charge in [-0.15, -0.1) is 11.3 Å². The molecule has 1 atom stereocenters. The summed E-state index contributed by atoms with van der Waals surface area (Å²) in [6.45, 7) is 2.81. The van der Waals surface area contributed by atoms with Gasteiger partial charge < -0.3 is 14.8 Å². The Hall–Kier alpha value is -2.20. The molecule has 3 rings (SSSR count). The number of imidazole rings is 1. The Bertz CT molecular complexity index is 814. The van der Waals surface area contributed by atoms with E-state index in [1.54, 1.807) is 36.7 Å². The number of hydrogen-bond acceptors (Lipinski definition) is 5. The molecule has 3 aromatic heterocycles. The van der Waals surface area contributed by atoms with Gasteiger partial charge in [-0.2, -0.15) is 5.26 Å². The molecule has 5 nitrogen and oxygen atoms in total. The predicted molar refractivity (Wildman–Crippen MR) is 85.5 cm³/mol. The first-order valence-electron chi connectivity index (χ1n) is 6.93. The number of fused-ring (bicyclic) bond motifs is 1. The zero-order chi connectivity index (χ0) is 15.6. The highest BCUT2D eigenvalue weighted by molar-refractivity contribution is 7.10. The first kappa shape index (κ1) is 14.7. The molecule has 0 saturated heterocycles. The highest BCUT2D eigenvalue weighted by Crippen LogP contribution is 2.24. The summed E-state index contributed by atoms with van der Waals surface area (Å²) in [6, 6.07) is 9.56. The molecule has 112 valence electrons. The quantitative estimate of drug-likeness (QED) is 0.758. The number of nitrogens with zero attached hydrogens (tertiary/aromatic N) is 3. The molecule has 0 spiro atoms. The first-order chi connectivity index (χ1) is 10.6. The van der Waals surface area contributed by atoms with Crippen LogP contribution in [0.4, 0.5) is 0 Å². The Kier molecular flexibility index (Phi) is 3.94. The molecule has 0 saturated carbocycles. The van der Waals surface area contributed by atoms with Crippen molar-refractivity contribution in [3.05, 3.63) is 58.2 Å². The predicted octanol–water partition coefficient (Wildman–Crippen LogP) is 2.26. The van der Waals surface area contributed by atoms with Gasteiger partial charge in [0.25, 0.3) is 0 Å². The topological polar surface area (TPSA) is 73.3 Å². The van der Waals surface area contributed by atoms with Crippen LogP contribution < -0.4 is 5.32 Å². The van der Waals surface area contributed by atoms with E-state index in [9.17, 15) is 5.11 Å². The van der Waals surface area contributed by atoms with Gasteiger partial charge >= 0.3 is 0 Å². The van der Waals surface area contributed by atoms with Crippen molar-refractivity contribution in [2.45, 2.75) is 19.1 Å². The van der Waals surface area contributed by atoms with Crippen molar-refractivity contribution < 1.29 is 5.11 Å². The molecule has 22 heavy (non-hydrogen) atoms. The Morgan fingerprint density at radius 3 is 3.05 bits per heavy atom. The lowest BCUT2D eigenvalue weighted by Gasteiger charge is -2.22. The van der Waals surface area contributed by atoms with Crippen molar-refractivity contribution in [1.29, 1.82) is 5.26 Å². The first-order valence-corrected chi connectivity index (χ1v) is 7.81. The summed E-state index contributed by atoms with van der Waals surface area (Å²) in [5, 5.41) is 24.7. The van der Waals surface area contributed by atoms with Crippen LogP contribution in [0.25, 0.3) is 5.65 Å². The van der Waals surface area contributed by atoms with Crippen molar-refractivity contribution >= 4 is 17.0 Å². The monoisotopic (exact) mass is 312 g/mol. The van der Waals surface area contributed by atoms with Gasteiger partial charge in [-0.3, -0.25) is 0 Å². The largest absolute Gasteiger partial charge is 0.383 e. The Morgan fingerprint density at radius 2 is 2.32 bits per heavy atom.